The minimum Gasteiger partial charge on any atom is -0.319 e. The molecule has 19 heavy (non-hydrogen) atoms. The lowest BCUT2D eigenvalue weighted by molar-refractivity contribution is 0.0838. The van der Waals surface area contributed by atoms with Crippen molar-refractivity contribution in [2.75, 3.05) is 20.1 Å². The molecule has 2 aliphatic rings. The first kappa shape index (κ1) is 13.1. The van der Waals surface area contributed by atoms with Gasteiger partial charge in [0.15, 0.2) is 0 Å². The minimum absolute atomic E-state index is 0.572. The number of likely N-dealkylation sites (tertiary alicyclic amines) is 1. The molecule has 2 heterocycles. The molecule has 1 N–H and O–H groups in total. The van der Waals surface area contributed by atoms with Crippen molar-refractivity contribution in [2.24, 2.45) is 5.92 Å². The number of pyridine rings is 1. The largest absolute Gasteiger partial charge is 0.319 e. The molecule has 3 heteroatoms. The first-order valence-electron chi connectivity index (χ1n) is 7.62. The van der Waals surface area contributed by atoms with E-state index in [0.717, 1.165) is 18.5 Å². The number of hydrogen-bond donors (Lipinski definition) is 1. The Kier molecular flexibility index (Phi) is 3.85. The summed E-state index contributed by atoms with van der Waals surface area (Å²) in [5, 5.41) is 3.39. The van der Waals surface area contributed by atoms with Crippen molar-refractivity contribution in [2.45, 2.75) is 44.7 Å². The second-order valence-electron chi connectivity index (χ2n) is 6.11. The van der Waals surface area contributed by atoms with Crippen molar-refractivity contribution in [1.82, 2.24) is 15.2 Å². The summed E-state index contributed by atoms with van der Waals surface area (Å²) in [5.74, 6) is 0.724. The summed E-state index contributed by atoms with van der Waals surface area (Å²) in [6, 6.07) is 3.57. The summed E-state index contributed by atoms with van der Waals surface area (Å²) in [5.41, 5.74) is 2.85. The third-order valence-corrected chi connectivity index (χ3v) is 4.68. The first-order valence-corrected chi connectivity index (χ1v) is 7.62. The van der Waals surface area contributed by atoms with Crippen LogP contribution in [0.3, 0.4) is 0 Å². The fraction of sp³-hybridized carbons (Fsp3) is 0.688. The van der Waals surface area contributed by atoms with E-state index in [1.807, 2.05) is 6.20 Å². The average Bonchev–Trinajstić information content (AvgIpc) is 3.24. The molecule has 1 aromatic heterocycles. The maximum atomic E-state index is 4.38. The molecule has 1 saturated heterocycles. The summed E-state index contributed by atoms with van der Waals surface area (Å²) in [7, 11) is 2.07. The van der Waals surface area contributed by atoms with Crippen LogP contribution in [0.4, 0.5) is 0 Å². The number of aromatic nitrogens is 1. The Bertz CT molecular complexity index is 426. The van der Waals surface area contributed by atoms with Gasteiger partial charge in [-0.2, -0.15) is 0 Å². The predicted molar refractivity (Wildman–Crippen MR) is 78.1 cm³/mol. The number of nitrogens with zero attached hydrogens (tertiary/aromatic N) is 2. The lowest BCUT2D eigenvalue weighted by Crippen LogP contribution is -2.43. The van der Waals surface area contributed by atoms with Crippen LogP contribution in [-0.4, -0.2) is 36.1 Å². The summed E-state index contributed by atoms with van der Waals surface area (Å²) in [6.45, 7) is 4.61. The molecule has 0 radical (unpaired) electrons. The van der Waals surface area contributed by atoms with Gasteiger partial charge in [0.05, 0.1) is 0 Å². The van der Waals surface area contributed by atoms with Gasteiger partial charge in [0, 0.05) is 24.5 Å². The van der Waals surface area contributed by atoms with Gasteiger partial charge in [0.2, 0.25) is 0 Å². The Morgan fingerprint density at radius 1 is 1.37 bits per heavy atom. The zero-order valence-electron chi connectivity index (χ0n) is 12.1. The zero-order valence-corrected chi connectivity index (χ0v) is 12.1. The SMILES string of the molecule is CNCC1CCCN(C2CC2)C1c1cnccc1C. The van der Waals surface area contributed by atoms with Gasteiger partial charge < -0.3 is 5.32 Å². The molecular weight excluding hydrogens is 234 g/mol. The standard InChI is InChI=1S/C16H25N3/c1-12-7-8-18-11-15(12)16-13(10-17-2)4-3-9-19(16)14-5-6-14/h7-8,11,13-14,16-17H,3-6,9-10H2,1-2H3. The van der Waals surface area contributed by atoms with Crippen molar-refractivity contribution >= 4 is 0 Å². The molecule has 2 unspecified atom stereocenters. The second kappa shape index (κ2) is 5.59. The van der Waals surface area contributed by atoms with Crippen LogP contribution in [0.1, 0.15) is 42.9 Å². The average molecular weight is 259 g/mol. The van der Waals surface area contributed by atoms with Gasteiger partial charge in [-0.15, -0.1) is 0 Å². The molecule has 0 aromatic carbocycles. The number of aryl methyl sites for hydroxylation is 1. The van der Waals surface area contributed by atoms with Crippen molar-refractivity contribution in [3.8, 4) is 0 Å². The van der Waals surface area contributed by atoms with Crippen LogP contribution in [-0.2, 0) is 0 Å². The van der Waals surface area contributed by atoms with Crippen LogP contribution < -0.4 is 5.32 Å². The van der Waals surface area contributed by atoms with Crippen LogP contribution in [0.15, 0.2) is 18.5 Å². The Hall–Kier alpha value is -0.930. The van der Waals surface area contributed by atoms with Gasteiger partial charge in [-0.25, -0.2) is 0 Å². The van der Waals surface area contributed by atoms with E-state index in [0.29, 0.717) is 6.04 Å². The fourth-order valence-electron chi connectivity index (χ4n) is 3.61. The normalized spacial score (nSPS) is 28.5. The lowest BCUT2D eigenvalue weighted by atomic mass is 9.83. The van der Waals surface area contributed by atoms with Gasteiger partial charge in [-0.05, 0) is 75.9 Å². The molecule has 2 fully saturated rings. The third kappa shape index (κ3) is 2.67. The number of nitrogens with one attached hydrogen (secondary N) is 1. The van der Waals surface area contributed by atoms with E-state index in [1.165, 1.54) is 43.4 Å². The number of piperidine rings is 1. The summed E-state index contributed by atoms with van der Waals surface area (Å²) >= 11 is 0. The molecule has 1 aliphatic carbocycles. The molecule has 104 valence electrons. The smallest absolute Gasteiger partial charge is 0.0409 e. The van der Waals surface area contributed by atoms with E-state index in [1.54, 1.807) is 0 Å². The van der Waals surface area contributed by atoms with Crippen LogP contribution in [0.5, 0.6) is 0 Å². The van der Waals surface area contributed by atoms with Crippen LogP contribution in [0.2, 0.25) is 0 Å². The van der Waals surface area contributed by atoms with Gasteiger partial charge in [0.25, 0.3) is 0 Å². The van der Waals surface area contributed by atoms with E-state index in [4.69, 9.17) is 0 Å². The Morgan fingerprint density at radius 3 is 2.89 bits per heavy atom. The predicted octanol–water partition coefficient (Wildman–Crippen LogP) is 2.52. The number of rotatable bonds is 4. The fourth-order valence-corrected chi connectivity index (χ4v) is 3.61. The summed E-state index contributed by atoms with van der Waals surface area (Å²) < 4.78 is 0. The highest BCUT2D eigenvalue weighted by Gasteiger charge is 2.40. The highest BCUT2D eigenvalue weighted by atomic mass is 15.2. The zero-order chi connectivity index (χ0) is 13.2. The minimum atomic E-state index is 0.572. The van der Waals surface area contributed by atoms with Gasteiger partial charge in [0.1, 0.15) is 0 Å². The topological polar surface area (TPSA) is 28.2 Å². The van der Waals surface area contributed by atoms with E-state index < -0.39 is 0 Å². The monoisotopic (exact) mass is 259 g/mol. The molecule has 1 aliphatic heterocycles. The van der Waals surface area contributed by atoms with E-state index in [9.17, 15) is 0 Å². The van der Waals surface area contributed by atoms with E-state index in [-0.39, 0.29) is 0 Å². The van der Waals surface area contributed by atoms with Gasteiger partial charge >= 0.3 is 0 Å². The second-order valence-corrected chi connectivity index (χ2v) is 6.11. The molecule has 0 bridgehead atoms. The Balaban J connectivity index is 1.92. The maximum absolute atomic E-state index is 4.38. The molecule has 2 atom stereocenters. The molecule has 3 rings (SSSR count). The van der Waals surface area contributed by atoms with Crippen molar-refractivity contribution in [3.05, 3.63) is 29.6 Å². The number of hydrogen-bond acceptors (Lipinski definition) is 3. The highest BCUT2D eigenvalue weighted by molar-refractivity contribution is 5.27. The van der Waals surface area contributed by atoms with Crippen LogP contribution >= 0.6 is 0 Å². The quantitative estimate of drug-likeness (QED) is 0.900. The first-order chi connectivity index (χ1) is 9.31. The van der Waals surface area contributed by atoms with Crippen LogP contribution in [0.25, 0.3) is 0 Å². The molecule has 0 spiro atoms. The molecule has 1 aromatic rings. The Labute approximate surface area is 116 Å². The van der Waals surface area contributed by atoms with Crippen molar-refractivity contribution in [1.29, 1.82) is 0 Å². The summed E-state index contributed by atoms with van der Waals surface area (Å²) in [6.07, 6.45) is 9.48. The Morgan fingerprint density at radius 2 is 2.21 bits per heavy atom. The lowest BCUT2D eigenvalue weighted by Gasteiger charge is -2.42. The molecule has 0 amide bonds. The third-order valence-electron chi connectivity index (χ3n) is 4.68. The molecular formula is C16H25N3. The molecule has 3 nitrogen and oxygen atoms in total. The summed E-state index contributed by atoms with van der Waals surface area (Å²) in [4.78, 5) is 7.14. The van der Waals surface area contributed by atoms with Crippen molar-refractivity contribution in [3.63, 3.8) is 0 Å². The maximum Gasteiger partial charge on any atom is 0.0409 e. The van der Waals surface area contributed by atoms with Crippen LogP contribution in [0, 0.1) is 12.8 Å². The molecule has 1 saturated carbocycles. The van der Waals surface area contributed by atoms with E-state index >= 15 is 0 Å². The highest BCUT2D eigenvalue weighted by Crippen LogP contribution is 2.43. The van der Waals surface area contributed by atoms with Crippen molar-refractivity contribution < 1.29 is 0 Å². The van der Waals surface area contributed by atoms with Gasteiger partial charge in [-0.1, -0.05) is 0 Å². The van der Waals surface area contributed by atoms with E-state index in [2.05, 4.69) is 41.4 Å². The van der Waals surface area contributed by atoms with Gasteiger partial charge in [-0.3, -0.25) is 9.88 Å².